The first-order valence-electron chi connectivity index (χ1n) is 33.1. The van der Waals surface area contributed by atoms with Crippen LogP contribution in [0.25, 0.3) is 89.1 Å². The van der Waals surface area contributed by atoms with Crippen LogP contribution in [-0.4, -0.2) is 41.7 Å². The molecule has 0 unspecified atom stereocenters. The number of pyridine rings is 4. The number of carbonyl (C=O) groups excluding carboxylic acids is 2. The van der Waals surface area contributed by atoms with Crippen LogP contribution in [0.5, 0.6) is 0 Å². The molecule has 8 aromatic carbocycles. The maximum absolute atomic E-state index is 11.2. The number of benzene rings is 8. The summed E-state index contributed by atoms with van der Waals surface area (Å²) >= 11 is 0. The number of hydrogen-bond donors (Lipinski definition) is 2. The fourth-order valence-electron chi connectivity index (χ4n) is 10.4. The molecule has 8 nitrogen and oxygen atoms in total. The van der Waals surface area contributed by atoms with Gasteiger partial charge in [0.05, 0.1) is 22.6 Å². The van der Waals surface area contributed by atoms with E-state index in [1.165, 1.54) is 92.4 Å². The van der Waals surface area contributed by atoms with E-state index in [-0.39, 0.29) is 83.4 Å². The number of ketones is 2. The molecule has 0 saturated heterocycles. The van der Waals surface area contributed by atoms with E-state index in [0.29, 0.717) is 30.6 Å². The molecule has 0 saturated carbocycles. The molecule has 0 bridgehead atoms. The van der Waals surface area contributed by atoms with Gasteiger partial charge in [0.1, 0.15) is 0 Å². The molecule has 0 aliphatic rings. The summed E-state index contributed by atoms with van der Waals surface area (Å²) in [5, 5.41) is 20.2. The Morgan fingerprint density at radius 3 is 1.48 bits per heavy atom. The zero-order chi connectivity index (χ0) is 69.8. The molecule has 0 aliphatic heterocycles. The normalized spacial score (nSPS) is 10.7. The Kier molecular flexibility index (Phi) is 36.0. The van der Waals surface area contributed by atoms with Gasteiger partial charge in [-0.2, -0.15) is 0 Å². The van der Waals surface area contributed by atoms with E-state index in [9.17, 15) is 14.7 Å². The average Bonchev–Trinajstić information content (AvgIpc) is 0.783. The summed E-state index contributed by atoms with van der Waals surface area (Å²) < 4.78 is 0. The molecule has 0 fully saturated rings. The van der Waals surface area contributed by atoms with Crippen LogP contribution in [0, 0.1) is 76.6 Å². The van der Waals surface area contributed by atoms with Crippen LogP contribution in [0.3, 0.4) is 0 Å². The van der Waals surface area contributed by atoms with Crippen molar-refractivity contribution in [1.29, 1.82) is 0 Å². The summed E-state index contributed by atoms with van der Waals surface area (Å²) in [5.74, 6) is 1.57. The van der Waals surface area contributed by atoms with Crippen LogP contribution in [0.2, 0.25) is 0 Å². The second-order valence-electron chi connectivity index (χ2n) is 25.5. The molecule has 0 atom stereocenters. The van der Waals surface area contributed by atoms with Gasteiger partial charge in [-0.15, -0.1) is 143 Å². The number of carbonyl (C=O) groups is 2. The molecule has 12 aromatic rings. The van der Waals surface area contributed by atoms with Crippen LogP contribution >= 0.6 is 0 Å². The van der Waals surface area contributed by atoms with Gasteiger partial charge < -0.3 is 20.2 Å². The molecule has 2 N–H and O–H groups in total. The fraction of sp³-hybridized carbons (Fsp3) is 0.213. The predicted octanol–water partition coefficient (Wildman–Crippen LogP) is 22.7. The Hall–Kier alpha value is -8.75. The van der Waals surface area contributed by atoms with E-state index in [0.717, 1.165) is 62.5 Å². The van der Waals surface area contributed by atoms with Gasteiger partial charge in [0.2, 0.25) is 0 Å². The summed E-state index contributed by atoms with van der Waals surface area (Å²) in [5.41, 5.74) is 22.5. The van der Waals surface area contributed by atoms with Gasteiger partial charge in [-0.1, -0.05) is 168 Å². The smallest absolute Gasteiger partial charge is 0.159 e. The van der Waals surface area contributed by atoms with E-state index in [4.69, 9.17) is 15.1 Å². The van der Waals surface area contributed by atoms with Crippen LogP contribution < -0.4 is 0 Å². The molecule has 12 rings (SSSR count). The minimum absolute atomic E-state index is 0. The first-order chi connectivity index (χ1) is 46.6. The minimum Gasteiger partial charge on any atom is -0.512 e. The summed E-state index contributed by atoms with van der Waals surface area (Å²) in [6.07, 6.45) is 8.45. The average molecular weight is 1860 g/mol. The number of aliphatic hydroxyl groups is 2. The molecule has 0 spiro atoms. The maximum Gasteiger partial charge on any atom is 0.159 e. The molecule has 0 amide bonds. The van der Waals surface area contributed by atoms with Gasteiger partial charge in [-0.25, -0.2) is 0 Å². The van der Waals surface area contributed by atoms with Gasteiger partial charge in [0, 0.05) is 108 Å². The second kappa shape index (κ2) is 43.0. The molecule has 100 heavy (non-hydrogen) atoms. The third-order valence-corrected chi connectivity index (χ3v) is 15.0. The van der Waals surface area contributed by atoms with Gasteiger partial charge in [-0.05, 0) is 146 Å². The third kappa shape index (κ3) is 28.1. The third-order valence-electron chi connectivity index (χ3n) is 15.0. The summed E-state index contributed by atoms with van der Waals surface area (Å²) in [7, 11) is 0. The number of hydrogen-bond acceptors (Lipinski definition) is 8. The van der Waals surface area contributed by atoms with E-state index < -0.39 is 0 Å². The second-order valence-corrected chi connectivity index (χ2v) is 25.5. The molecule has 4 heterocycles. The van der Waals surface area contributed by atoms with Gasteiger partial charge in [0.15, 0.2) is 11.6 Å². The number of rotatable bonds is 14. The molecule has 4 aromatic heterocycles. The minimum atomic E-state index is -0.125. The number of nitrogens with zero attached hydrogens (tertiary/aromatic N) is 4. The van der Waals surface area contributed by atoms with Gasteiger partial charge >= 0.3 is 0 Å². The first kappa shape index (κ1) is 83.7. The van der Waals surface area contributed by atoms with Crippen LogP contribution in [0.1, 0.15) is 102 Å². The van der Waals surface area contributed by atoms with Crippen molar-refractivity contribution < 1.29 is 80.1 Å². The summed E-state index contributed by atoms with van der Waals surface area (Å²) in [6.45, 7) is 25.8. The Labute approximate surface area is 634 Å². The monoisotopic (exact) mass is 1860 g/mol. The summed E-state index contributed by atoms with van der Waals surface area (Å²) in [6, 6.07) is 87.6. The zero-order valence-corrected chi connectivity index (χ0v) is 66.6. The Morgan fingerprint density at radius 2 is 0.950 bits per heavy atom. The number of fused-ring (bicyclic) bond motifs is 2. The van der Waals surface area contributed by atoms with E-state index in [1.54, 1.807) is 0 Å². The molecule has 11 heteroatoms. The first-order valence-corrected chi connectivity index (χ1v) is 33.1. The van der Waals surface area contributed by atoms with Crippen LogP contribution in [0.15, 0.2) is 254 Å². The van der Waals surface area contributed by atoms with Crippen molar-refractivity contribution in [3.05, 3.63) is 312 Å². The Morgan fingerprint density at radius 1 is 0.420 bits per heavy atom. The van der Waals surface area contributed by atoms with Crippen LogP contribution in [0.4, 0.5) is 0 Å². The summed E-state index contributed by atoms with van der Waals surface area (Å²) in [4.78, 5) is 39.6. The SMILES string of the molecule is CC(=O)C=C(C)O.CC(C)CC(=O)C=C(O)CC(C)C.CC(C)Cc1cccc2nc(-c3[c-]cccc3)ccc12.Cc1ccc(-c2[c-]cccc2)nc1.Cc1ccc(-c2cc(-c3[c-]ccc(C)c3)nc3ccc(C)cc23)cc1.Cc1ccc(-c2ccnc(-c3[c-]cccc3)c2)cc1.[Ir].[Ir].[Ir]. The molecular formula is C89H90Ir3N4O4-4. The topological polar surface area (TPSA) is 126 Å². The van der Waals surface area contributed by atoms with Crippen molar-refractivity contribution in [2.45, 2.75) is 109 Å². The zero-order valence-electron chi connectivity index (χ0n) is 59.4. The fourth-order valence-corrected chi connectivity index (χ4v) is 10.4. The van der Waals surface area contributed by atoms with Crippen LogP contribution in [-0.2, 0) is 76.3 Å². The Balaban J connectivity index is 0.000000262. The molecule has 521 valence electrons. The quantitative estimate of drug-likeness (QED) is 0.0626. The van der Waals surface area contributed by atoms with Crippen molar-refractivity contribution in [3.63, 3.8) is 0 Å². The van der Waals surface area contributed by atoms with E-state index in [1.807, 2.05) is 138 Å². The van der Waals surface area contributed by atoms with Crippen molar-refractivity contribution in [2.75, 3.05) is 0 Å². The van der Waals surface area contributed by atoms with Crippen molar-refractivity contribution >= 4 is 33.4 Å². The number of allylic oxidation sites excluding steroid dienone is 4. The Bertz CT molecular complexity index is 4520. The number of aromatic nitrogens is 4. The molecule has 0 aliphatic carbocycles. The molecule has 3 radical (unpaired) electrons. The van der Waals surface area contributed by atoms with Crippen molar-refractivity contribution in [2.24, 2.45) is 17.8 Å². The van der Waals surface area contributed by atoms with Gasteiger partial charge in [-0.3, -0.25) is 19.6 Å². The van der Waals surface area contributed by atoms with Crippen molar-refractivity contribution in [1.82, 2.24) is 19.9 Å². The molecular weight excluding hydrogens is 1770 g/mol. The number of aliphatic hydroxyl groups excluding tert-OH is 2. The standard InChI is InChI=1S/C24H20N.C19H18N.C18H14N.C12H10N.C11H20O2.C5H8O2.3Ir/c1-16-7-10-19(11-8-16)21-15-24(20-6-4-5-17(2)13-20)25-23-12-9-18(3)14-22(21)23;1-14(2)13-16-9-6-10-19-17(16)11-12-18(20-19)15-7-4-3-5-8-15;1-14-7-9-15(10-8-14)17-11-12-19-18(13-17)16-5-3-2-4-6-16;1-10-7-8-12(13-9-10)11-5-3-2-4-6-11;1-8(2)5-10(12)7-11(13)6-9(3)4;1-4(6)3-5(2)7;;;/h4-5,7-15H,1-3H3;3-7,9-12,14H,13H2,1-2H3;2-5,7-13H,1H3;2-5,7-9H,1H3;7-9,12H,5-6H2,1-4H3;3,6H,1-2H3;;;/q4*-1;;;;;. The van der Waals surface area contributed by atoms with E-state index in [2.05, 4.69) is 203 Å². The van der Waals surface area contributed by atoms with Gasteiger partial charge in [0.25, 0.3) is 0 Å². The largest absolute Gasteiger partial charge is 0.512 e. The predicted molar refractivity (Wildman–Crippen MR) is 404 cm³/mol. The number of aryl methyl sites for hydroxylation is 5. The van der Waals surface area contributed by atoms with Crippen molar-refractivity contribution in [3.8, 4) is 67.3 Å². The van der Waals surface area contributed by atoms with E-state index >= 15 is 0 Å². The maximum atomic E-state index is 11.2.